The number of aromatic nitrogens is 1. The number of ether oxygens (including phenoxy) is 1. The molecule has 5 rings (SSSR count). The topological polar surface area (TPSA) is 110 Å². The lowest BCUT2D eigenvalue weighted by Crippen LogP contribution is -2.47. The summed E-state index contributed by atoms with van der Waals surface area (Å²) in [7, 11) is 0. The van der Waals surface area contributed by atoms with Gasteiger partial charge >= 0.3 is 5.97 Å². The smallest absolute Gasteiger partial charge is 0.341 e. The van der Waals surface area contributed by atoms with E-state index in [2.05, 4.69) is 5.32 Å². The quantitative estimate of drug-likeness (QED) is 0.631. The Bertz CT molecular complexity index is 1120. The molecule has 3 aliphatic rings. The largest absolute Gasteiger partial charge is 0.477 e. The van der Waals surface area contributed by atoms with Gasteiger partial charge in [-0.2, -0.15) is 0 Å². The van der Waals surface area contributed by atoms with Crippen molar-refractivity contribution in [2.24, 2.45) is 0 Å². The number of anilines is 2. The van der Waals surface area contributed by atoms with E-state index in [0.717, 1.165) is 10.8 Å². The first-order valence-corrected chi connectivity index (χ1v) is 9.62. The molecule has 11 heteroatoms. The van der Waals surface area contributed by atoms with Crippen LogP contribution < -0.4 is 21.4 Å². The van der Waals surface area contributed by atoms with Gasteiger partial charge < -0.3 is 30.4 Å². The maximum absolute atomic E-state index is 15.7. The number of hydrogen-bond donors (Lipinski definition) is 3. The summed E-state index contributed by atoms with van der Waals surface area (Å²) in [6.45, 7) is 1.58. The maximum atomic E-state index is 15.7. The molecule has 1 aliphatic carbocycles. The number of rotatable bonds is 3. The Morgan fingerprint density at radius 2 is 2.03 bits per heavy atom. The summed E-state index contributed by atoms with van der Waals surface area (Å²) < 4.78 is 51.5. The lowest BCUT2D eigenvalue weighted by Gasteiger charge is -2.25. The second kappa shape index (κ2) is 6.61. The van der Waals surface area contributed by atoms with Crippen LogP contribution in [0.15, 0.2) is 11.0 Å². The van der Waals surface area contributed by atoms with Crippen LogP contribution in [0.25, 0.3) is 10.9 Å². The van der Waals surface area contributed by atoms with Crippen molar-refractivity contribution in [2.45, 2.75) is 30.8 Å². The fourth-order valence-corrected chi connectivity index (χ4v) is 4.46. The second-order valence-corrected chi connectivity index (χ2v) is 7.89. The summed E-state index contributed by atoms with van der Waals surface area (Å²) in [5.74, 6) is -3.79. The minimum Gasteiger partial charge on any atom is -0.477 e. The molecule has 0 amide bonds. The van der Waals surface area contributed by atoms with Crippen molar-refractivity contribution in [2.75, 3.05) is 36.9 Å². The van der Waals surface area contributed by atoms with Crippen molar-refractivity contribution in [3.63, 3.8) is 0 Å². The van der Waals surface area contributed by atoms with Crippen molar-refractivity contribution >= 4 is 28.2 Å². The van der Waals surface area contributed by atoms with Crippen LogP contribution in [-0.2, 0) is 4.74 Å². The van der Waals surface area contributed by atoms with Gasteiger partial charge in [0.05, 0.1) is 41.4 Å². The minimum absolute atomic E-state index is 0.0364. The van der Waals surface area contributed by atoms with E-state index >= 15 is 8.78 Å². The number of fused-ring (bicyclic) bond motifs is 2. The third-order valence-electron chi connectivity index (χ3n) is 6.06. The molecule has 2 aromatic rings. The van der Waals surface area contributed by atoms with Gasteiger partial charge in [-0.3, -0.25) is 4.79 Å². The molecule has 4 atom stereocenters. The standard InChI is InChI=1S/C19H19F3N4O4/c20-8-3-10(8)26-4-7(19(28)29)18(27)12-15(23)13(21)17(14(22)16(12)26)25-5-9-11(6-25)30-2-1-24-9/h4,8-11,24H,1-3,5-6,23H2,(H,28,29)/t8-,9-,10+,11-/m0/s1. The Labute approximate surface area is 168 Å². The van der Waals surface area contributed by atoms with Crippen molar-refractivity contribution in [3.8, 4) is 0 Å². The number of pyridine rings is 1. The van der Waals surface area contributed by atoms with E-state index in [4.69, 9.17) is 10.5 Å². The number of carboxylic acids is 1. The SMILES string of the molecule is Nc1c(F)c(N2C[C@@H]3NCCO[C@H]3C2)c(F)c2c1c(=O)c(C(=O)O)cn2[C@@H]1C[C@@H]1F. The third kappa shape index (κ3) is 2.68. The highest BCUT2D eigenvalue weighted by molar-refractivity contribution is 5.99. The van der Waals surface area contributed by atoms with Crippen molar-refractivity contribution in [3.05, 3.63) is 33.6 Å². The van der Waals surface area contributed by atoms with Crippen LogP contribution in [-0.4, -0.2) is 60.2 Å². The number of hydrogen-bond acceptors (Lipinski definition) is 6. The Morgan fingerprint density at radius 1 is 1.30 bits per heavy atom. The molecule has 1 aromatic carbocycles. The molecule has 1 saturated carbocycles. The molecule has 2 saturated heterocycles. The van der Waals surface area contributed by atoms with E-state index in [9.17, 15) is 19.1 Å². The first-order chi connectivity index (χ1) is 14.3. The molecule has 0 radical (unpaired) electrons. The monoisotopic (exact) mass is 424 g/mol. The fourth-order valence-electron chi connectivity index (χ4n) is 4.46. The number of nitrogen functional groups attached to an aromatic ring is 1. The van der Waals surface area contributed by atoms with Crippen LogP contribution in [0.3, 0.4) is 0 Å². The fraction of sp³-hybridized carbons (Fsp3) is 0.474. The number of benzene rings is 1. The third-order valence-corrected chi connectivity index (χ3v) is 6.06. The molecular formula is C19H19F3N4O4. The van der Waals surface area contributed by atoms with Gasteiger partial charge in [-0.05, 0) is 0 Å². The first kappa shape index (κ1) is 19.2. The van der Waals surface area contributed by atoms with Crippen LogP contribution in [0.1, 0.15) is 22.8 Å². The predicted octanol–water partition coefficient (Wildman–Crippen LogP) is 1.02. The molecule has 1 aromatic heterocycles. The Balaban J connectivity index is 1.75. The Morgan fingerprint density at radius 3 is 2.67 bits per heavy atom. The zero-order valence-corrected chi connectivity index (χ0v) is 15.7. The predicted molar refractivity (Wildman–Crippen MR) is 102 cm³/mol. The molecule has 0 unspecified atom stereocenters. The van der Waals surface area contributed by atoms with Crippen LogP contribution >= 0.6 is 0 Å². The number of aromatic carboxylic acids is 1. The molecule has 8 nitrogen and oxygen atoms in total. The molecule has 0 bridgehead atoms. The molecule has 3 fully saturated rings. The minimum atomic E-state index is -1.58. The molecule has 4 N–H and O–H groups in total. The van der Waals surface area contributed by atoms with Gasteiger partial charge in [-0.15, -0.1) is 0 Å². The second-order valence-electron chi connectivity index (χ2n) is 7.89. The Hall–Kier alpha value is -2.79. The summed E-state index contributed by atoms with van der Waals surface area (Å²) >= 11 is 0. The number of carboxylic acid groups (broad SMARTS) is 1. The number of nitrogens with one attached hydrogen (secondary N) is 1. The Kier molecular flexibility index (Phi) is 4.23. The van der Waals surface area contributed by atoms with Gasteiger partial charge in [0.2, 0.25) is 5.43 Å². The van der Waals surface area contributed by atoms with Crippen LogP contribution in [0, 0.1) is 11.6 Å². The molecule has 3 heterocycles. The summed E-state index contributed by atoms with van der Waals surface area (Å²) in [6.07, 6.45) is -0.631. The van der Waals surface area contributed by atoms with Gasteiger partial charge in [-0.25, -0.2) is 18.0 Å². The van der Waals surface area contributed by atoms with Crippen molar-refractivity contribution in [1.82, 2.24) is 9.88 Å². The normalized spacial score (nSPS) is 28.0. The van der Waals surface area contributed by atoms with E-state index in [-0.39, 0.29) is 37.2 Å². The molecule has 30 heavy (non-hydrogen) atoms. The van der Waals surface area contributed by atoms with Gasteiger partial charge in [0, 0.05) is 32.3 Å². The zero-order chi connectivity index (χ0) is 21.3. The summed E-state index contributed by atoms with van der Waals surface area (Å²) in [4.78, 5) is 25.6. The molecular weight excluding hydrogens is 405 g/mol. The van der Waals surface area contributed by atoms with E-state index in [0.29, 0.717) is 13.2 Å². The lowest BCUT2D eigenvalue weighted by atomic mass is 10.1. The first-order valence-electron chi connectivity index (χ1n) is 9.62. The number of alkyl halides is 1. The van der Waals surface area contributed by atoms with Crippen molar-refractivity contribution < 1.29 is 27.8 Å². The number of morpholine rings is 1. The molecule has 160 valence electrons. The van der Waals surface area contributed by atoms with Crippen LogP contribution in [0.2, 0.25) is 0 Å². The maximum Gasteiger partial charge on any atom is 0.341 e. The number of halogens is 3. The van der Waals surface area contributed by atoms with Crippen LogP contribution in [0.4, 0.5) is 24.5 Å². The average molecular weight is 424 g/mol. The van der Waals surface area contributed by atoms with Crippen LogP contribution in [0.5, 0.6) is 0 Å². The van der Waals surface area contributed by atoms with E-state index < -0.39 is 57.6 Å². The van der Waals surface area contributed by atoms with Gasteiger partial charge in [0.15, 0.2) is 11.6 Å². The highest BCUT2D eigenvalue weighted by atomic mass is 19.1. The van der Waals surface area contributed by atoms with Crippen molar-refractivity contribution in [1.29, 1.82) is 0 Å². The van der Waals surface area contributed by atoms with Gasteiger partial charge in [-0.1, -0.05) is 0 Å². The highest BCUT2D eigenvalue weighted by Gasteiger charge is 2.43. The van der Waals surface area contributed by atoms with E-state index in [1.54, 1.807) is 0 Å². The lowest BCUT2D eigenvalue weighted by molar-refractivity contribution is 0.0212. The highest BCUT2D eigenvalue weighted by Crippen LogP contribution is 2.44. The molecule has 0 spiro atoms. The zero-order valence-electron chi connectivity index (χ0n) is 15.7. The molecule has 2 aliphatic heterocycles. The van der Waals surface area contributed by atoms with E-state index in [1.807, 2.05) is 0 Å². The summed E-state index contributed by atoms with van der Waals surface area (Å²) in [5, 5.41) is 12.0. The number of carbonyl (C=O) groups is 1. The summed E-state index contributed by atoms with van der Waals surface area (Å²) in [6, 6.07) is -0.964. The number of nitrogens with two attached hydrogens (primary N) is 1. The van der Waals surface area contributed by atoms with Gasteiger partial charge in [0.25, 0.3) is 0 Å². The van der Waals surface area contributed by atoms with Gasteiger partial charge in [0.1, 0.15) is 17.4 Å². The van der Waals surface area contributed by atoms with E-state index in [1.165, 1.54) is 4.90 Å². The summed E-state index contributed by atoms with van der Waals surface area (Å²) in [5.41, 5.74) is 2.60. The number of nitrogens with zero attached hydrogens (tertiary/aromatic N) is 2. The average Bonchev–Trinajstić information content (AvgIpc) is 3.27.